The topological polar surface area (TPSA) is 58.6 Å². The third-order valence-electron chi connectivity index (χ3n) is 2.23. The molecule has 4 nitrogen and oxygen atoms in total. The minimum atomic E-state index is -0.506. The van der Waals surface area contributed by atoms with Crippen LogP contribution in [0.15, 0.2) is 24.3 Å². The molecule has 0 spiro atoms. The van der Waals surface area contributed by atoms with Gasteiger partial charge in [-0.1, -0.05) is 12.1 Å². The van der Waals surface area contributed by atoms with Gasteiger partial charge in [-0.25, -0.2) is 0 Å². The molecule has 0 aromatic heterocycles. The summed E-state index contributed by atoms with van der Waals surface area (Å²) in [7, 11) is 0. The first kappa shape index (κ1) is 9.18. The SMILES string of the molecule is O=CC1N[C@H](c2ccc(O)cc2)CO1. The summed E-state index contributed by atoms with van der Waals surface area (Å²) in [6, 6.07) is 6.88. The number of aromatic hydroxyl groups is 1. The third-order valence-corrected chi connectivity index (χ3v) is 2.23. The molecule has 1 saturated heterocycles. The first-order chi connectivity index (χ1) is 6.79. The summed E-state index contributed by atoms with van der Waals surface area (Å²) in [5, 5.41) is 12.1. The highest BCUT2D eigenvalue weighted by Crippen LogP contribution is 2.21. The quantitative estimate of drug-likeness (QED) is 0.674. The normalized spacial score (nSPS) is 26.3. The number of hydrogen-bond acceptors (Lipinski definition) is 4. The molecule has 1 unspecified atom stereocenters. The Kier molecular flexibility index (Phi) is 2.47. The van der Waals surface area contributed by atoms with E-state index in [4.69, 9.17) is 9.84 Å². The molecule has 1 heterocycles. The highest BCUT2D eigenvalue weighted by molar-refractivity contribution is 5.56. The van der Waals surface area contributed by atoms with Crippen molar-refractivity contribution in [3.8, 4) is 5.75 Å². The van der Waals surface area contributed by atoms with Gasteiger partial charge in [-0.3, -0.25) is 10.1 Å². The van der Waals surface area contributed by atoms with Crippen LogP contribution < -0.4 is 5.32 Å². The van der Waals surface area contributed by atoms with E-state index in [0.717, 1.165) is 11.8 Å². The predicted octanol–water partition coefficient (Wildman–Crippen LogP) is 0.578. The number of ether oxygens (including phenoxy) is 1. The molecule has 0 radical (unpaired) electrons. The van der Waals surface area contributed by atoms with Crippen molar-refractivity contribution in [1.29, 1.82) is 0 Å². The fourth-order valence-corrected chi connectivity index (χ4v) is 1.47. The number of carbonyl (C=O) groups is 1. The number of phenolic OH excluding ortho intramolecular Hbond substituents is 1. The molecule has 2 N–H and O–H groups in total. The minimum Gasteiger partial charge on any atom is -0.508 e. The summed E-state index contributed by atoms with van der Waals surface area (Å²) in [5.74, 6) is 0.236. The Balaban J connectivity index is 2.09. The third kappa shape index (κ3) is 1.76. The summed E-state index contributed by atoms with van der Waals surface area (Å²) in [6.45, 7) is 0.480. The van der Waals surface area contributed by atoms with E-state index in [1.807, 2.05) is 12.1 Å². The maximum atomic E-state index is 10.4. The molecule has 1 aliphatic heterocycles. The molecule has 1 aromatic carbocycles. The Morgan fingerprint density at radius 2 is 2.14 bits per heavy atom. The van der Waals surface area contributed by atoms with Crippen molar-refractivity contribution in [2.24, 2.45) is 0 Å². The molecule has 1 aliphatic rings. The van der Waals surface area contributed by atoms with Crippen LogP contribution in [0.1, 0.15) is 11.6 Å². The smallest absolute Gasteiger partial charge is 0.165 e. The number of carbonyl (C=O) groups excluding carboxylic acids is 1. The van der Waals surface area contributed by atoms with Gasteiger partial charge >= 0.3 is 0 Å². The second-order valence-corrected chi connectivity index (χ2v) is 3.20. The molecule has 0 bridgehead atoms. The molecule has 1 fully saturated rings. The van der Waals surface area contributed by atoms with Crippen molar-refractivity contribution in [2.45, 2.75) is 12.3 Å². The van der Waals surface area contributed by atoms with Crippen LogP contribution in [0.3, 0.4) is 0 Å². The Labute approximate surface area is 81.5 Å². The largest absolute Gasteiger partial charge is 0.508 e. The Bertz CT molecular complexity index is 323. The number of hydrogen-bond donors (Lipinski definition) is 2. The zero-order valence-electron chi connectivity index (χ0n) is 7.51. The number of nitrogens with one attached hydrogen (secondary N) is 1. The lowest BCUT2D eigenvalue weighted by Crippen LogP contribution is -2.26. The lowest BCUT2D eigenvalue weighted by atomic mass is 10.1. The molecule has 14 heavy (non-hydrogen) atoms. The summed E-state index contributed by atoms with van der Waals surface area (Å²) < 4.78 is 5.16. The van der Waals surface area contributed by atoms with Crippen LogP contribution in [-0.2, 0) is 9.53 Å². The van der Waals surface area contributed by atoms with Crippen LogP contribution >= 0.6 is 0 Å². The monoisotopic (exact) mass is 193 g/mol. The van der Waals surface area contributed by atoms with Crippen LogP contribution in [0.5, 0.6) is 5.75 Å². The molecule has 2 atom stereocenters. The van der Waals surface area contributed by atoms with Crippen LogP contribution in [0.2, 0.25) is 0 Å². The maximum absolute atomic E-state index is 10.4. The molecule has 2 rings (SSSR count). The molecule has 0 aliphatic carbocycles. The average Bonchev–Trinajstić information content (AvgIpc) is 2.67. The van der Waals surface area contributed by atoms with Crippen molar-refractivity contribution in [3.63, 3.8) is 0 Å². The number of rotatable bonds is 2. The fraction of sp³-hybridized carbons (Fsp3) is 0.300. The van der Waals surface area contributed by atoms with Crippen molar-refractivity contribution in [1.82, 2.24) is 5.32 Å². The van der Waals surface area contributed by atoms with Gasteiger partial charge in [0.15, 0.2) is 12.5 Å². The van der Waals surface area contributed by atoms with Crippen LogP contribution in [0.25, 0.3) is 0 Å². The van der Waals surface area contributed by atoms with Gasteiger partial charge in [0.25, 0.3) is 0 Å². The molecule has 74 valence electrons. The second-order valence-electron chi connectivity index (χ2n) is 3.20. The molecule has 1 aromatic rings. The van der Waals surface area contributed by atoms with E-state index in [1.54, 1.807) is 12.1 Å². The van der Waals surface area contributed by atoms with E-state index >= 15 is 0 Å². The summed E-state index contributed by atoms with van der Waals surface area (Å²) in [5.41, 5.74) is 1.01. The molecular formula is C10H11NO3. The number of aldehydes is 1. The van der Waals surface area contributed by atoms with Crippen LogP contribution in [0, 0.1) is 0 Å². The van der Waals surface area contributed by atoms with Gasteiger partial charge in [-0.05, 0) is 17.7 Å². The van der Waals surface area contributed by atoms with E-state index in [2.05, 4.69) is 5.32 Å². The first-order valence-electron chi connectivity index (χ1n) is 4.41. The van der Waals surface area contributed by atoms with E-state index in [1.165, 1.54) is 0 Å². The van der Waals surface area contributed by atoms with Gasteiger partial charge in [0.2, 0.25) is 0 Å². The van der Waals surface area contributed by atoms with Gasteiger partial charge in [0.05, 0.1) is 12.6 Å². The Morgan fingerprint density at radius 3 is 2.71 bits per heavy atom. The number of benzene rings is 1. The highest BCUT2D eigenvalue weighted by Gasteiger charge is 2.24. The standard InChI is InChI=1S/C10H11NO3/c12-5-10-11-9(6-14-10)7-1-3-8(13)4-2-7/h1-5,9-11,13H,6H2/t9-,10?/m0/s1. The van der Waals surface area contributed by atoms with Gasteiger partial charge < -0.3 is 9.84 Å². The predicted molar refractivity (Wildman–Crippen MR) is 49.8 cm³/mol. The van der Waals surface area contributed by atoms with Gasteiger partial charge in [0.1, 0.15) is 5.75 Å². The lowest BCUT2D eigenvalue weighted by molar-refractivity contribution is -0.116. The average molecular weight is 193 g/mol. The molecule has 4 heteroatoms. The van der Waals surface area contributed by atoms with Gasteiger partial charge in [-0.2, -0.15) is 0 Å². The summed E-state index contributed by atoms with van der Waals surface area (Å²) >= 11 is 0. The van der Waals surface area contributed by atoms with Crippen molar-refractivity contribution >= 4 is 6.29 Å². The molecule has 0 saturated carbocycles. The maximum Gasteiger partial charge on any atom is 0.165 e. The zero-order valence-corrected chi connectivity index (χ0v) is 7.51. The van der Waals surface area contributed by atoms with Gasteiger partial charge in [-0.15, -0.1) is 0 Å². The first-order valence-corrected chi connectivity index (χ1v) is 4.41. The van der Waals surface area contributed by atoms with E-state index in [0.29, 0.717) is 6.61 Å². The Hall–Kier alpha value is -1.39. The number of phenols is 1. The molecule has 0 amide bonds. The molecular weight excluding hydrogens is 182 g/mol. The minimum absolute atomic E-state index is 0.0331. The summed E-state index contributed by atoms with van der Waals surface area (Å²) in [4.78, 5) is 10.4. The van der Waals surface area contributed by atoms with Crippen molar-refractivity contribution in [2.75, 3.05) is 6.61 Å². The van der Waals surface area contributed by atoms with Gasteiger partial charge in [0, 0.05) is 0 Å². The van der Waals surface area contributed by atoms with E-state index in [-0.39, 0.29) is 11.8 Å². The summed E-state index contributed by atoms with van der Waals surface area (Å²) in [6.07, 6.45) is 0.231. The van der Waals surface area contributed by atoms with Crippen molar-refractivity contribution in [3.05, 3.63) is 29.8 Å². The Morgan fingerprint density at radius 1 is 1.43 bits per heavy atom. The highest BCUT2D eigenvalue weighted by atomic mass is 16.5. The van der Waals surface area contributed by atoms with E-state index < -0.39 is 6.23 Å². The lowest BCUT2D eigenvalue weighted by Gasteiger charge is -2.08. The fourth-order valence-electron chi connectivity index (χ4n) is 1.47. The van der Waals surface area contributed by atoms with E-state index in [9.17, 15) is 4.79 Å². The zero-order chi connectivity index (χ0) is 9.97. The van der Waals surface area contributed by atoms with Crippen molar-refractivity contribution < 1.29 is 14.6 Å². The second kappa shape index (κ2) is 3.77. The van der Waals surface area contributed by atoms with Crippen LogP contribution in [-0.4, -0.2) is 24.2 Å². The van der Waals surface area contributed by atoms with Crippen LogP contribution in [0.4, 0.5) is 0 Å².